The molecule has 1 aliphatic heterocycles. The highest BCUT2D eigenvalue weighted by atomic mass is 32.2. The van der Waals surface area contributed by atoms with E-state index in [0.717, 1.165) is 12.1 Å². The van der Waals surface area contributed by atoms with Crippen molar-refractivity contribution in [3.05, 3.63) is 71.7 Å². The Labute approximate surface area is 211 Å². The first-order valence-corrected chi connectivity index (χ1v) is 12.8. The highest BCUT2D eigenvalue weighted by molar-refractivity contribution is 7.84. The third kappa shape index (κ3) is 4.86. The van der Waals surface area contributed by atoms with Crippen molar-refractivity contribution in [2.45, 2.75) is 11.2 Å². The molecule has 3 heterocycles. The number of aromatic nitrogens is 3. The number of ether oxygens (including phenoxy) is 1. The third-order valence-corrected chi connectivity index (χ3v) is 6.88. The number of rotatable bonds is 4. The summed E-state index contributed by atoms with van der Waals surface area (Å²) in [7, 11) is -1.45. The van der Waals surface area contributed by atoms with E-state index in [9.17, 15) is 26.6 Å². The normalized spacial score (nSPS) is 15.2. The Morgan fingerprint density at radius 1 is 1.05 bits per heavy atom. The molecular weight excluding hydrogens is 512 g/mol. The van der Waals surface area contributed by atoms with Crippen LogP contribution in [-0.4, -0.2) is 62.3 Å². The molecule has 0 N–H and O–H groups in total. The Bertz CT molecular complexity index is 1510. The van der Waals surface area contributed by atoms with Crippen molar-refractivity contribution in [1.29, 1.82) is 0 Å². The van der Waals surface area contributed by atoms with Gasteiger partial charge in [0.1, 0.15) is 5.82 Å². The van der Waals surface area contributed by atoms with E-state index < -0.39 is 28.4 Å². The summed E-state index contributed by atoms with van der Waals surface area (Å²) in [6.07, 6.45) is -1.90. The topological polar surface area (TPSA) is 77.3 Å². The lowest BCUT2D eigenvalue weighted by Crippen LogP contribution is -2.40. The van der Waals surface area contributed by atoms with Gasteiger partial charge >= 0.3 is 6.18 Å². The average molecular weight is 533 g/mol. The number of morpholine rings is 1. The first-order chi connectivity index (χ1) is 17.6. The second kappa shape index (κ2) is 9.67. The van der Waals surface area contributed by atoms with Crippen LogP contribution in [0.2, 0.25) is 0 Å². The molecule has 12 heteroatoms. The SMILES string of the molecule is C[S@@](=O)c1nn(-c2ccc(-c3cc(C(F)(F)F)ccc3F)cn2)c2cc(C(=O)N3CCOCC3)ccc12. The van der Waals surface area contributed by atoms with Crippen LogP contribution in [0.1, 0.15) is 15.9 Å². The molecule has 1 saturated heterocycles. The number of fused-ring (bicyclic) bond motifs is 1. The van der Waals surface area contributed by atoms with Crippen LogP contribution >= 0.6 is 0 Å². The zero-order chi connectivity index (χ0) is 26.3. The standard InChI is InChI=1S/C25H20F4N4O3S/c1-37(35)23-18-5-2-15(24(34)32-8-10-36-11-9-32)12-21(18)33(31-23)22-7-3-16(14-30-22)19-13-17(25(27,28)29)4-6-20(19)26/h2-7,12-14H,8-11H2,1H3/t37-/m1/s1. The van der Waals surface area contributed by atoms with E-state index in [1.807, 2.05) is 0 Å². The van der Waals surface area contributed by atoms with Gasteiger partial charge in [-0.25, -0.2) is 14.1 Å². The van der Waals surface area contributed by atoms with Crippen LogP contribution in [0.25, 0.3) is 27.8 Å². The predicted molar refractivity (Wildman–Crippen MR) is 128 cm³/mol. The van der Waals surface area contributed by atoms with Gasteiger partial charge in [-0.2, -0.15) is 18.3 Å². The molecule has 1 fully saturated rings. The summed E-state index contributed by atoms with van der Waals surface area (Å²) in [6.45, 7) is 1.84. The molecule has 4 aromatic rings. The lowest BCUT2D eigenvalue weighted by atomic mass is 10.0. The van der Waals surface area contributed by atoms with Crippen molar-refractivity contribution >= 4 is 27.6 Å². The number of halogens is 4. The quantitative estimate of drug-likeness (QED) is 0.363. The van der Waals surface area contributed by atoms with Gasteiger partial charge in [0.15, 0.2) is 10.8 Å². The summed E-state index contributed by atoms with van der Waals surface area (Å²) in [5.41, 5.74) is -0.181. The van der Waals surface area contributed by atoms with Crippen molar-refractivity contribution < 1.29 is 31.3 Å². The number of amides is 1. The molecule has 1 amide bonds. The maximum atomic E-state index is 14.4. The zero-order valence-electron chi connectivity index (χ0n) is 19.5. The molecule has 7 nitrogen and oxygen atoms in total. The molecule has 0 unspecified atom stereocenters. The van der Waals surface area contributed by atoms with Crippen molar-refractivity contribution in [3.63, 3.8) is 0 Å². The number of hydrogen-bond acceptors (Lipinski definition) is 5. The van der Waals surface area contributed by atoms with Gasteiger partial charge in [0.2, 0.25) is 0 Å². The molecule has 192 valence electrons. The summed E-state index contributed by atoms with van der Waals surface area (Å²) >= 11 is 0. The lowest BCUT2D eigenvalue weighted by Gasteiger charge is -2.26. The van der Waals surface area contributed by atoms with Crippen molar-refractivity contribution in [1.82, 2.24) is 19.7 Å². The number of nitrogens with zero attached hydrogens (tertiary/aromatic N) is 4. The number of pyridine rings is 1. The smallest absolute Gasteiger partial charge is 0.378 e. The number of carbonyl (C=O) groups is 1. The average Bonchev–Trinajstić information content (AvgIpc) is 3.28. The summed E-state index contributed by atoms with van der Waals surface area (Å²) in [5, 5.41) is 5.28. The fourth-order valence-corrected chi connectivity index (χ4v) is 4.83. The van der Waals surface area contributed by atoms with Crippen LogP contribution in [0, 0.1) is 5.82 Å². The summed E-state index contributed by atoms with van der Waals surface area (Å²) in [4.78, 5) is 19.0. The number of benzene rings is 2. The Morgan fingerprint density at radius 2 is 1.81 bits per heavy atom. The van der Waals surface area contributed by atoms with E-state index in [0.29, 0.717) is 48.8 Å². The van der Waals surface area contributed by atoms with E-state index >= 15 is 0 Å². The van der Waals surface area contributed by atoms with Crippen molar-refractivity contribution in [2.75, 3.05) is 32.6 Å². The van der Waals surface area contributed by atoms with Gasteiger partial charge in [0.25, 0.3) is 5.91 Å². The summed E-state index contributed by atoms with van der Waals surface area (Å²) in [6, 6.07) is 10.0. The highest BCUT2D eigenvalue weighted by Gasteiger charge is 2.31. The second-order valence-corrected chi connectivity index (χ2v) is 9.70. The first-order valence-electron chi connectivity index (χ1n) is 11.2. The third-order valence-electron chi connectivity index (χ3n) is 6.03. The Hall–Kier alpha value is -3.64. The van der Waals surface area contributed by atoms with Crippen LogP contribution in [0.15, 0.2) is 59.8 Å². The fourth-order valence-electron chi connectivity index (χ4n) is 4.15. The zero-order valence-corrected chi connectivity index (χ0v) is 20.3. The van der Waals surface area contributed by atoms with E-state index in [-0.39, 0.29) is 27.9 Å². The maximum absolute atomic E-state index is 14.4. The van der Waals surface area contributed by atoms with Gasteiger partial charge in [-0.1, -0.05) is 0 Å². The van der Waals surface area contributed by atoms with E-state index in [1.54, 1.807) is 23.1 Å². The Balaban J connectivity index is 1.56. The largest absolute Gasteiger partial charge is 0.416 e. The van der Waals surface area contributed by atoms with Crippen LogP contribution in [0.4, 0.5) is 17.6 Å². The van der Waals surface area contributed by atoms with Crippen molar-refractivity contribution in [3.8, 4) is 16.9 Å². The van der Waals surface area contributed by atoms with Crippen molar-refractivity contribution in [2.24, 2.45) is 0 Å². The van der Waals surface area contributed by atoms with Crippen LogP contribution in [0.5, 0.6) is 0 Å². The van der Waals surface area contributed by atoms with Gasteiger partial charge in [0, 0.05) is 47.6 Å². The minimum absolute atomic E-state index is 0.145. The molecule has 0 aliphatic carbocycles. The molecule has 1 aliphatic rings. The second-order valence-electron chi connectivity index (χ2n) is 8.41. The predicted octanol–water partition coefficient (Wildman–Crippen LogP) is 4.46. The monoisotopic (exact) mass is 532 g/mol. The van der Waals surface area contributed by atoms with E-state index in [1.165, 1.54) is 29.3 Å². The fraction of sp³-hybridized carbons (Fsp3) is 0.240. The highest BCUT2D eigenvalue weighted by Crippen LogP contribution is 2.34. The van der Waals surface area contributed by atoms with Gasteiger partial charge in [-0.05, 0) is 48.5 Å². The minimum Gasteiger partial charge on any atom is -0.378 e. The molecule has 0 radical (unpaired) electrons. The number of carbonyl (C=O) groups excluding carboxylic acids is 1. The van der Waals surface area contributed by atoms with Crippen LogP contribution in [-0.2, 0) is 21.7 Å². The number of hydrogen-bond donors (Lipinski definition) is 0. The number of alkyl halides is 3. The maximum Gasteiger partial charge on any atom is 0.416 e. The molecule has 0 spiro atoms. The molecule has 1 atom stereocenters. The molecule has 0 saturated carbocycles. The molecule has 5 rings (SSSR count). The molecular formula is C25H20F4N4O3S. The summed E-state index contributed by atoms with van der Waals surface area (Å²) < 4.78 is 72.8. The molecule has 0 bridgehead atoms. The minimum atomic E-state index is -4.62. The van der Waals surface area contributed by atoms with Gasteiger partial charge < -0.3 is 9.64 Å². The first kappa shape index (κ1) is 25.0. The lowest BCUT2D eigenvalue weighted by molar-refractivity contribution is -0.137. The molecule has 2 aromatic heterocycles. The van der Waals surface area contributed by atoms with Crippen LogP contribution in [0.3, 0.4) is 0 Å². The molecule has 37 heavy (non-hydrogen) atoms. The van der Waals surface area contributed by atoms with Gasteiger partial charge in [-0.3, -0.25) is 9.00 Å². The van der Waals surface area contributed by atoms with E-state index in [4.69, 9.17) is 4.74 Å². The summed E-state index contributed by atoms with van der Waals surface area (Å²) in [5.74, 6) is -0.740. The Morgan fingerprint density at radius 3 is 2.46 bits per heavy atom. The Kier molecular flexibility index (Phi) is 6.54. The molecule has 2 aromatic carbocycles. The van der Waals surface area contributed by atoms with Gasteiger partial charge in [-0.15, -0.1) is 0 Å². The van der Waals surface area contributed by atoms with E-state index in [2.05, 4.69) is 10.1 Å². The van der Waals surface area contributed by atoms with Crippen LogP contribution < -0.4 is 0 Å². The van der Waals surface area contributed by atoms with Gasteiger partial charge in [0.05, 0.1) is 35.1 Å².